The van der Waals surface area contributed by atoms with E-state index in [1.807, 2.05) is 23.1 Å². The molecule has 3 rings (SSSR count). The topological polar surface area (TPSA) is 58.4 Å². The van der Waals surface area contributed by atoms with Crippen molar-refractivity contribution in [2.45, 2.75) is 32.7 Å². The van der Waals surface area contributed by atoms with Gasteiger partial charge >= 0.3 is 0 Å². The molecule has 0 radical (unpaired) electrons. The molecule has 1 aliphatic rings. The molecule has 0 atom stereocenters. The molecule has 1 aromatic heterocycles. The van der Waals surface area contributed by atoms with Gasteiger partial charge in [-0.15, -0.1) is 0 Å². The predicted octanol–water partition coefficient (Wildman–Crippen LogP) is 1.73. The van der Waals surface area contributed by atoms with Gasteiger partial charge in [-0.1, -0.05) is 19.1 Å². The predicted molar refractivity (Wildman–Crippen MR) is 98.5 cm³/mol. The van der Waals surface area contributed by atoms with Crippen LogP contribution < -0.4 is 5.56 Å². The lowest BCUT2D eigenvalue weighted by molar-refractivity contribution is -0.131. The standard InChI is InChI=1S/C19H26N4O2/c1-2-9-21-10-5-11-22(14-13-21)18(24)8-12-23-15-20-17-7-4-3-6-16(17)19(23)25/h3-4,6-7,15H,2,5,8-14H2,1H3. The monoisotopic (exact) mass is 342 g/mol. The summed E-state index contributed by atoms with van der Waals surface area (Å²) in [5.74, 6) is 0.124. The van der Waals surface area contributed by atoms with Crippen LogP contribution in [0.25, 0.3) is 10.9 Å². The van der Waals surface area contributed by atoms with Crippen LogP contribution >= 0.6 is 0 Å². The van der Waals surface area contributed by atoms with Crippen LogP contribution in [0.15, 0.2) is 35.4 Å². The summed E-state index contributed by atoms with van der Waals surface area (Å²) < 4.78 is 1.54. The molecular weight excluding hydrogens is 316 g/mol. The molecule has 0 aliphatic carbocycles. The molecule has 0 N–H and O–H groups in total. The van der Waals surface area contributed by atoms with Crippen molar-refractivity contribution < 1.29 is 4.79 Å². The Balaban J connectivity index is 1.61. The van der Waals surface area contributed by atoms with E-state index in [0.29, 0.717) is 23.9 Å². The van der Waals surface area contributed by atoms with Crippen LogP contribution in [0.1, 0.15) is 26.2 Å². The molecule has 2 aromatic rings. The van der Waals surface area contributed by atoms with Crippen LogP contribution in [0.2, 0.25) is 0 Å². The van der Waals surface area contributed by atoms with Crippen molar-refractivity contribution in [3.8, 4) is 0 Å². The van der Waals surface area contributed by atoms with Gasteiger partial charge in [0.1, 0.15) is 0 Å². The highest BCUT2D eigenvalue weighted by Crippen LogP contribution is 2.07. The van der Waals surface area contributed by atoms with Crippen molar-refractivity contribution in [2.24, 2.45) is 0 Å². The molecule has 0 saturated carbocycles. The van der Waals surface area contributed by atoms with E-state index in [1.165, 1.54) is 0 Å². The van der Waals surface area contributed by atoms with Crippen LogP contribution in [0.4, 0.5) is 0 Å². The minimum absolute atomic E-state index is 0.0802. The minimum Gasteiger partial charge on any atom is -0.341 e. The molecule has 1 saturated heterocycles. The first-order chi connectivity index (χ1) is 12.2. The first-order valence-corrected chi connectivity index (χ1v) is 9.13. The largest absolute Gasteiger partial charge is 0.341 e. The fraction of sp³-hybridized carbons (Fsp3) is 0.526. The zero-order valence-electron chi connectivity index (χ0n) is 14.9. The van der Waals surface area contributed by atoms with Crippen molar-refractivity contribution >= 4 is 16.8 Å². The maximum atomic E-state index is 12.5. The highest BCUT2D eigenvalue weighted by Gasteiger charge is 2.18. The van der Waals surface area contributed by atoms with E-state index in [1.54, 1.807) is 17.0 Å². The number of benzene rings is 1. The Bertz CT molecular complexity index is 786. The number of carbonyl (C=O) groups excluding carboxylic acids is 1. The Hall–Kier alpha value is -2.21. The quantitative estimate of drug-likeness (QED) is 0.830. The molecular formula is C19H26N4O2. The van der Waals surface area contributed by atoms with Crippen molar-refractivity contribution in [1.29, 1.82) is 0 Å². The fourth-order valence-corrected chi connectivity index (χ4v) is 3.40. The van der Waals surface area contributed by atoms with E-state index in [9.17, 15) is 9.59 Å². The number of aryl methyl sites for hydroxylation is 1. The van der Waals surface area contributed by atoms with Crippen molar-refractivity contribution in [3.63, 3.8) is 0 Å². The van der Waals surface area contributed by atoms with Gasteiger partial charge in [-0.3, -0.25) is 14.2 Å². The summed E-state index contributed by atoms with van der Waals surface area (Å²) in [5, 5.41) is 0.599. The third-order valence-corrected chi connectivity index (χ3v) is 4.78. The lowest BCUT2D eigenvalue weighted by Gasteiger charge is -2.21. The number of amides is 1. The number of hydrogen-bond donors (Lipinski definition) is 0. The van der Waals surface area contributed by atoms with Gasteiger partial charge in [-0.25, -0.2) is 4.98 Å². The maximum absolute atomic E-state index is 12.5. The summed E-state index contributed by atoms with van der Waals surface area (Å²) in [7, 11) is 0. The number of fused-ring (bicyclic) bond motifs is 1. The van der Waals surface area contributed by atoms with Gasteiger partial charge in [-0.05, 0) is 38.1 Å². The normalized spacial score (nSPS) is 16.1. The number of hydrogen-bond acceptors (Lipinski definition) is 4. The van der Waals surface area contributed by atoms with E-state index in [4.69, 9.17) is 0 Å². The lowest BCUT2D eigenvalue weighted by Crippen LogP contribution is -2.36. The molecule has 25 heavy (non-hydrogen) atoms. The van der Waals surface area contributed by atoms with Gasteiger partial charge in [0.2, 0.25) is 5.91 Å². The molecule has 1 aromatic carbocycles. The fourth-order valence-electron chi connectivity index (χ4n) is 3.40. The average molecular weight is 342 g/mol. The average Bonchev–Trinajstić information content (AvgIpc) is 2.87. The molecule has 6 nitrogen and oxygen atoms in total. The Labute approximate surface area is 148 Å². The molecule has 0 spiro atoms. The van der Waals surface area contributed by atoms with Crippen molar-refractivity contribution in [3.05, 3.63) is 40.9 Å². The zero-order chi connectivity index (χ0) is 17.6. The molecule has 1 fully saturated rings. The molecule has 0 bridgehead atoms. The van der Waals surface area contributed by atoms with Gasteiger partial charge in [0.25, 0.3) is 5.56 Å². The molecule has 6 heteroatoms. The summed E-state index contributed by atoms with van der Waals surface area (Å²) in [5.41, 5.74) is 0.613. The van der Waals surface area contributed by atoms with Crippen molar-refractivity contribution in [1.82, 2.24) is 19.4 Å². The van der Waals surface area contributed by atoms with E-state index >= 15 is 0 Å². The van der Waals surface area contributed by atoms with E-state index in [2.05, 4.69) is 16.8 Å². The summed E-state index contributed by atoms with van der Waals surface area (Å²) in [6.45, 7) is 7.25. The first kappa shape index (κ1) is 17.6. The van der Waals surface area contributed by atoms with Crippen molar-refractivity contribution in [2.75, 3.05) is 32.7 Å². The minimum atomic E-state index is -0.0802. The Morgan fingerprint density at radius 2 is 1.96 bits per heavy atom. The smallest absolute Gasteiger partial charge is 0.261 e. The Morgan fingerprint density at radius 1 is 1.12 bits per heavy atom. The summed E-state index contributed by atoms with van der Waals surface area (Å²) in [6.07, 6.45) is 4.05. The Morgan fingerprint density at radius 3 is 2.80 bits per heavy atom. The van der Waals surface area contributed by atoms with Crippen LogP contribution in [-0.2, 0) is 11.3 Å². The van der Waals surface area contributed by atoms with Crippen LogP contribution in [0.3, 0.4) is 0 Å². The summed E-state index contributed by atoms with van der Waals surface area (Å²) in [6, 6.07) is 7.30. The SMILES string of the molecule is CCCN1CCCN(C(=O)CCn2cnc3ccccc3c2=O)CC1. The van der Waals surface area contributed by atoms with E-state index in [0.717, 1.165) is 45.6 Å². The molecule has 134 valence electrons. The lowest BCUT2D eigenvalue weighted by atomic mass is 10.2. The van der Waals surface area contributed by atoms with Gasteiger partial charge in [0.05, 0.1) is 17.2 Å². The number of aromatic nitrogens is 2. The Kier molecular flexibility index (Phi) is 5.81. The number of nitrogens with zero attached hydrogens (tertiary/aromatic N) is 4. The van der Waals surface area contributed by atoms with E-state index < -0.39 is 0 Å². The van der Waals surface area contributed by atoms with Crippen LogP contribution in [0.5, 0.6) is 0 Å². The third-order valence-electron chi connectivity index (χ3n) is 4.78. The maximum Gasteiger partial charge on any atom is 0.261 e. The second-order valence-electron chi connectivity index (χ2n) is 6.59. The van der Waals surface area contributed by atoms with Gasteiger partial charge in [0.15, 0.2) is 0 Å². The third kappa shape index (κ3) is 4.25. The zero-order valence-corrected chi connectivity index (χ0v) is 14.9. The van der Waals surface area contributed by atoms with Gasteiger partial charge in [0, 0.05) is 32.6 Å². The highest BCUT2D eigenvalue weighted by molar-refractivity contribution is 5.77. The van der Waals surface area contributed by atoms with Crippen LogP contribution in [0, 0.1) is 0 Å². The number of carbonyl (C=O) groups is 1. The number of rotatable bonds is 5. The molecule has 0 unspecified atom stereocenters. The molecule has 1 aliphatic heterocycles. The molecule has 1 amide bonds. The molecule has 2 heterocycles. The second kappa shape index (κ2) is 8.25. The van der Waals surface area contributed by atoms with Gasteiger partial charge in [-0.2, -0.15) is 0 Å². The van der Waals surface area contributed by atoms with Crippen LogP contribution in [-0.4, -0.2) is 58.0 Å². The summed E-state index contributed by atoms with van der Waals surface area (Å²) >= 11 is 0. The highest BCUT2D eigenvalue weighted by atomic mass is 16.2. The summed E-state index contributed by atoms with van der Waals surface area (Å²) in [4.78, 5) is 33.7. The second-order valence-corrected chi connectivity index (χ2v) is 6.59. The first-order valence-electron chi connectivity index (χ1n) is 9.13. The van der Waals surface area contributed by atoms with Gasteiger partial charge < -0.3 is 9.80 Å². The number of para-hydroxylation sites is 1. The van der Waals surface area contributed by atoms with E-state index in [-0.39, 0.29) is 11.5 Å².